The van der Waals surface area contributed by atoms with Crippen molar-refractivity contribution in [1.82, 2.24) is 0 Å². The summed E-state index contributed by atoms with van der Waals surface area (Å²) in [5.41, 5.74) is 2.49. The van der Waals surface area contributed by atoms with Gasteiger partial charge in [0, 0.05) is 0 Å². The minimum Gasteiger partial charge on any atom is -0.451 e. The molecule has 0 saturated carbocycles. The fraction of sp³-hybridized carbons (Fsp3) is 0.240. The van der Waals surface area contributed by atoms with Gasteiger partial charge in [-0.3, -0.25) is 4.18 Å². The van der Waals surface area contributed by atoms with E-state index in [1.165, 1.54) is 12.1 Å². The molecule has 1 unspecified atom stereocenters. The molecule has 3 rings (SSSR count). The van der Waals surface area contributed by atoms with E-state index >= 15 is 0 Å². The van der Waals surface area contributed by atoms with Gasteiger partial charge >= 0.3 is 5.97 Å². The van der Waals surface area contributed by atoms with E-state index in [0.717, 1.165) is 16.7 Å². The second-order valence-corrected chi connectivity index (χ2v) is 9.24. The number of carbonyl (C=O) groups excluding carboxylic acids is 1. The minimum absolute atomic E-state index is 0.000723. The van der Waals surface area contributed by atoms with Gasteiger partial charge in [-0.05, 0) is 36.1 Å². The number of hydrogen-bond donors (Lipinski definition) is 0. The largest absolute Gasteiger partial charge is 0.451 e. The average molecular weight is 439 g/mol. The molecule has 0 bridgehead atoms. The lowest BCUT2D eigenvalue weighted by Gasteiger charge is -2.24. The summed E-state index contributed by atoms with van der Waals surface area (Å²) in [6.07, 6.45) is -1.96. The van der Waals surface area contributed by atoms with Gasteiger partial charge in [-0.25, -0.2) is 4.79 Å². The molecule has 162 valence electrons. The van der Waals surface area contributed by atoms with Crippen molar-refractivity contribution in [2.75, 3.05) is 0 Å². The fourth-order valence-electron chi connectivity index (χ4n) is 3.09. The van der Waals surface area contributed by atoms with E-state index in [0.29, 0.717) is 0 Å². The van der Waals surface area contributed by atoms with E-state index in [9.17, 15) is 13.2 Å². The first-order valence-electron chi connectivity index (χ1n) is 10.1. The highest BCUT2D eigenvalue weighted by Gasteiger charge is 2.33. The zero-order chi connectivity index (χ0) is 22.4. The predicted molar refractivity (Wildman–Crippen MR) is 119 cm³/mol. The molecule has 1 atom stereocenters. The molecule has 0 aromatic heterocycles. The minimum atomic E-state index is -4.13. The maximum atomic E-state index is 13.1. The molecule has 0 aliphatic heterocycles. The second kappa shape index (κ2) is 9.90. The molecule has 0 fully saturated rings. The second-order valence-electron chi connectivity index (χ2n) is 7.67. The molecular weight excluding hydrogens is 412 g/mol. The summed E-state index contributed by atoms with van der Waals surface area (Å²) in [6.45, 7) is 5.30. The van der Waals surface area contributed by atoms with Crippen molar-refractivity contribution in [3.63, 3.8) is 0 Å². The number of ether oxygens (including phenoxy) is 1. The molecule has 0 amide bonds. The normalized spacial score (nSPS) is 12.7. The molecule has 5 nitrogen and oxygen atoms in total. The van der Waals surface area contributed by atoms with Gasteiger partial charge in [0.2, 0.25) is 0 Å². The van der Waals surface area contributed by atoms with Crippen LogP contribution in [0.2, 0.25) is 0 Å². The van der Waals surface area contributed by atoms with Crippen LogP contribution in [0.3, 0.4) is 0 Å². The lowest BCUT2D eigenvalue weighted by molar-refractivity contribution is -0.158. The number of esters is 1. The van der Waals surface area contributed by atoms with E-state index in [2.05, 4.69) is 0 Å². The SMILES string of the molecule is Cc1ccc(S(=O)(=O)OC(C(=O)OC(c2ccccc2)c2ccccc2)C(C)C)cc1. The predicted octanol–water partition coefficient (Wildman–Crippen LogP) is 5.06. The molecule has 0 N–H and O–H groups in total. The van der Waals surface area contributed by atoms with Gasteiger partial charge in [-0.1, -0.05) is 92.2 Å². The molecule has 3 aromatic carbocycles. The number of carbonyl (C=O) groups is 1. The van der Waals surface area contributed by atoms with E-state index in [1.54, 1.807) is 26.0 Å². The van der Waals surface area contributed by atoms with Gasteiger partial charge < -0.3 is 4.74 Å². The van der Waals surface area contributed by atoms with Crippen LogP contribution in [0, 0.1) is 12.8 Å². The number of hydrogen-bond acceptors (Lipinski definition) is 5. The van der Waals surface area contributed by atoms with Crippen molar-refractivity contribution < 1.29 is 22.1 Å². The van der Waals surface area contributed by atoms with Crippen LogP contribution in [-0.2, 0) is 23.8 Å². The van der Waals surface area contributed by atoms with Crippen molar-refractivity contribution in [1.29, 1.82) is 0 Å². The first-order valence-corrected chi connectivity index (χ1v) is 11.5. The van der Waals surface area contributed by atoms with Crippen molar-refractivity contribution >= 4 is 16.1 Å². The molecule has 6 heteroatoms. The topological polar surface area (TPSA) is 69.7 Å². The van der Waals surface area contributed by atoms with Crippen LogP contribution in [0.25, 0.3) is 0 Å². The summed E-state index contributed by atoms with van der Waals surface area (Å²) in [5, 5.41) is 0. The van der Waals surface area contributed by atoms with Gasteiger partial charge in [0.25, 0.3) is 10.1 Å². The van der Waals surface area contributed by atoms with Crippen molar-refractivity contribution in [3.05, 3.63) is 102 Å². The quantitative estimate of drug-likeness (QED) is 0.363. The number of aryl methyl sites for hydroxylation is 1. The first-order chi connectivity index (χ1) is 14.8. The molecule has 0 spiro atoms. The van der Waals surface area contributed by atoms with Gasteiger partial charge in [-0.15, -0.1) is 0 Å². The molecule has 3 aromatic rings. The van der Waals surface area contributed by atoms with Crippen molar-refractivity contribution in [3.8, 4) is 0 Å². The maximum absolute atomic E-state index is 13.1. The molecule has 31 heavy (non-hydrogen) atoms. The smallest absolute Gasteiger partial charge is 0.338 e. The van der Waals surface area contributed by atoms with Crippen LogP contribution in [0.15, 0.2) is 89.8 Å². The van der Waals surface area contributed by atoms with Gasteiger partial charge in [0.1, 0.15) is 0 Å². The highest BCUT2D eigenvalue weighted by atomic mass is 32.2. The Morgan fingerprint density at radius 2 is 1.26 bits per heavy atom. The summed E-state index contributed by atoms with van der Waals surface area (Å²) in [6, 6.07) is 24.9. The Balaban J connectivity index is 1.87. The zero-order valence-corrected chi connectivity index (χ0v) is 18.6. The maximum Gasteiger partial charge on any atom is 0.338 e. The lowest BCUT2D eigenvalue weighted by atomic mass is 10.0. The fourth-order valence-corrected chi connectivity index (χ4v) is 4.24. The first kappa shape index (κ1) is 22.7. The van der Waals surface area contributed by atoms with Gasteiger partial charge in [0.05, 0.1) is 4.90 Å². The number of rotatable bonds is 8. The standard InChI is InChI=1S/C25H26O5S/c1-18(2)23(30-31(27,28)22-16-14-19(3)15-17-22)25(26)29-24(20-10-6-4-7-11-20)21-12-8-5-9-13-21/h4-18,23-24H,1-3H3. The van der Waals surface area contributed by atoms with E-state index in [1.807, 2.05) is 67.6 Å². The van der Waals surface area contributed by atoms with Crippen molar-refractivity contribution in [2.24, 2.45) is 5.92 Å². The summed E-state index contributed by atoms with van der Waals surface area (Å²) < 4.78 is 36.7. The Labute approximate surface area is 183 Å². The summed E-state index contributed by atoms with van der Waals surface area (Å²) >= 11 is 0. The molecule has 0 radical (unpaired) electrons. The monoisotopic (exact) mass is 438 g/mol. The van der Waals surface area contributed by atoms with E-state index < -0.39 is 34.2 Å². The highest BCUT2D eigenvalue weighted by Crippen LogP contribution is 2.28. The highest BCUT2D eigenvalue weighted by molar-refractivity contribution is 7.86. The average Bonchev–Trinajstić information content (AvgIpc) is 2.77. The van der Waals surface area contributed by atoms with Gasteiger partial charge in [0.15, 0.2) is 12.2 Å². The molecular formula is C25H26O5S. The van der Waals surface area contributed by atoms with Crippen LogP contribution in [0.5, 0.6) is 0 Å². The van der Waals surface area contributed by atoms with Crippen LogP contribution >= 0.6 is 0 Å². The third-order valence-corrected chi connectivity index (χ3v) is 6.13. The zero-order valence-electron chi connectivity index (χ0n) is 17.8. The van der Waals surface area contributed by atoms with E-state index in [-0.39, 0.29) is 4.90 Å². The van der Waals surface area contributed by atoms with Crippen LogP contribution in [0.4, 0.5) is 0 Å². The molecule has 0 saturated heterocycles. The summed E-state index contributed by atoms with van der Waals surface area (Å²) in [7, 11) is -4.13. The van der Waals surface area contributed by atoms with Crippen LogP contribution < -0.4 is 0 Å². The third kappa shape index (κ3) is 5.81. The Morgan fingerprint density at radius 3 is 1.71 bits per heavy atom. The number of benzene rings is 3. The summed E-state index contributed by atoms with van der Waals surface area (Å²) in [5.74, 6) is -1.15. The third-order valence-electron chi connectivity index (χ3n) is 4.82. The molecule has 0 aliphatic rings. The van der Waals surface area contributed by atoms with Crippen molar-refractivity contribution in [2.45, 2.75) is 37.9 Å². The van der Waals surface area contributed by atoms with Crippen LogP contribution in [-0.4, -0.2) is 20.5 Å². The Kier molecular flexibility index (Phi) is 7.25. The Bertz CT molecular complexity index is 1050. The lowest BCUT2D eigenvalue weighted by Crippen LogP contribution is -2.34. The van der Waals surface area contributed by atoms with Gasteiger partial charge in [-0.2, -0.15) is 8.42 Å². The summed E-state index contributed by atoms with van der Waals surface area (Å²) in [4.78, 5) is 13.1. The Hall–Kier alpha value is -2.96. The molecule has 0 heterocycles. The van der Waals surface area contributed by atoms with Crippen LogP contribution in [0.1, 0.15) is 36.6 Å². The van der Waals surface area contributed by atoms with E-state index in [4.69, 9.17) is 8.92 Å². The Morgan fingerprint density at radius 1 is 0.774 bits per heavy atom. The molecule has 0 aliphatic carbocycles.